The third kappa shape index (κ3) is 2.67. The summed E-state index contributed by atoms with van der Waals surface area (Å²) in [7, 11) is 0. The van der Waals surface area contributed by atoms with E-state index in [0.29, 0.717) is 16.9 Å². The maximum Gasteiger partial charge on any atom is 0.287 e. The zero-order valence-electron chi connectivity index (χ0n) is 12.7. The first-order chi connectivity index (χ1) is 10.9. The van der Waals surface area contributed by atoms with Gasteiger partial charge in [-0.25, -0.2) is 0 Å². The first-order valence-electron chi connectivity index (χ1n) is 7.18. The number of carbonyl (C=O) groups excluding carboxylic acids is 1. The van der Waals surface area contributed by atoms with Gasteiger partial charge < -0.3 is 19.6 Å². The van der Waals surface area contributed by atoms with Crippen molar-refractivity contribution < 1.29 is 19.1 Å². The Morgan fingerprint density at radius 3 is 2.83 bits per heavy atom. The van der Waals surface area contributed by atoms with Gasteiger partial charge in [0.05, 0.1) is 23.9 Å². The largest absolute Gasteiger partial charge is 0.485 e. The average molecular weight is 312 g/mol. The molecule has 1 aliphatic heterocycles. The van der Waals surface area contributed by atoms with E-state index < -0.39 is 23.7 Å². The predicted molar refractivity (Wildman–Crippen MR) is 80.8 cm³/mol. The normalized spacial score (nSPS) is 21.7. The Labute approximate surface area is 133 Å². The summed E-state index contributed by atoms with van der Waals surface area (Å²) in [6.45, 7) is 3.48. The van der Waals surface area contributed by atoms with Crippen LogP contribution in [0.4, 0.5) is 0 Å². The maximum atomic E-state index is 12.3. The predicted octanol–water partition coefficient (Wildman–Crippen LogP) is 2.15. The first kappa shape index (κ1) is 15.1. The molecule has 1 aliphatic rings. The van der Waals surface area contributed by atoms with Gasteiger partial charge in [-0.15, -0.1) is 0 Å². The molecule has 2 aromatic rings. The second-order valence-corrected chi connectivity index (χ2v) is 5.94. The Hall–Kier alpha value is -2.78. The fourth-order valence-electron chi connectivity index (χ4n) is 2.65. The van der Waals surface area contributed by atoms with E-state index in [1.165, 1.54) is 6.26 Å². The molecule has 6 nitrogen and oxygen atoms in total. The molecular weight excluding hydrogens is 296 g/mol. The van der Waals surface area contributed by atoms with Crippen LogP contribution in [0.5, 0.6) is 5.75 Å². The molecule has 0 saturated heterocycles. The van der Waals surface area contributed by atoms with E-state index in [2.05, 4.69) is 5.32 Å². The highest BCUT2D eigenvalue weighted by molar-refractivity contribution is 5.91. The highest BCUT2D eigenvalue weighted by Gasteiger charge is 2.43. The number of rotatable bonds is 2. The zero-order chi connectivity index (χ0) is 16.6. The number of aliphatic hydroxyl groups excluding tert-OH is 1. The highest BCUT2D eigenvalue weighted by Crippen LogP contribution is 2.40. The number of nitrogens with zero attached hydrogens (tertiary/aromatic N) is 1. The van der Waals surface area contributed by atoms with Crippen LogP contribution in [0.15, 0.2) is 41.0 Å². The Bertz CT molecular complexity index is 774. The topological polar surface area (TPSA) is 95.5 Å². The molecule has 2 atom stereocenters. The molecule has 1 aromatic heterocycles. The van der Waals surface area contributed by atoms with Crippen LogP contribution < -0.4 is 10.1 Å². The van der Waals surface area contributed by atoms with Crippen LogP contribution in [-0.4, -0.2) is 22.7 Å². The molecule has 0 radical (unpaired) electrons. The van der Waals surface area contributed by atoms with E-state index in [1.807, 2.05) is 6.07 Å². The number of aliphatic hydroxyl groups is 1. The van der Waals surface area contributed by atoms with Crippen molar-refractivity contribution >= 4 is 5.91 Å². The lowest BCUT2D eigenvalue weighted by molar-refractivity contribution is -0.0628. The number of hydrogen-bond donors (Lipinski definition) is 2. The van der Waals surface area contributed by atoms with Crippen LogP contribution in [-0.2, 0) is 0 Å². The Morgan fingerprint density at radius 2 is 2.17 bits per heavy atom. The number of carbonyl (C=O) groups is 1. The zero-order valence-corrected chi connectivity index (χ0v) is 12.7. The quantitative estimate of drug-likeness (QED) is 0.886. The summed E-state index contributed by atoms with van der Waals surface area (Å²) in [5.41, 5.74) is 0.106. The van der Waals surface area contributed by atoms with Crippen molar-refractivity contribution in [3.05, 3.63) is 53.5 Å². The molecule has 118 valence electrons. The minimum atomic E-state index is -0.983. The Kier molecular flexibility index (Phi) is 3.58. The Balaban J connectivity index is 2.00. The van der Waals surface area contributed by atoms with Crippen molar-refractivity contribution in [2.45, 2.75) is 31.6 Å². The number of ether oxygens (including phenoxy) is 1. The molecule has 0 bridgehead atoms. The SMILES string of the molecule is CC1(C)Oc2ccc(C#N)cc2[C@@H](NC(=O)c2ccco2)[C@@H]1O. The summed E-state index contributed by atoms with van der Waals surface area (Å²) < 4.78 is 10.9. The fraction of sp³-hybridized carbons (Fsp3) is 0.294. The van der Waals surface area contributed by atoms with Gasteiger partial charge in [0.2, 0.25) is 0 Å². The number of hydrogen-bond acceptors (Lipinski definition) is 5. The lowest BCUT2D eigenvalue weighted by Crippen LogP contribution is -2.53. The van der Waals surface area contributed by atoms with Gasteiger partial charge in [0, 0.05) is 5.56 Å². The number of amides is 1. The summed E-state index contributed by atoms with van der Waals surface area (Å²) in [5, 5.41) is 22.4. The van der Waals surface area contributed by atoms with Crippen molar-refractivity contribution in [1.82, 2.24) is 5.32 Å². The third-order valence-corrected chi connectivity index (χ3v) is 3.91. The lowest BCUT2D eigenvalue weighted by atomic mass is 9.86. The van der Waals surface area contributed by atoms with Gasteiger partial charge in [-0.3, -0.25) is 4.79 Å². The van der Waals surface area contributed by atoms with Gasteiger partial charge in [-0.1, -0.05) is 0 Å². The first-order valence-corrected chi connectivity index (χ1v) is 7.18. The smallest absolute Gasteiger partial charge is 0.287 e. The maximum absolute atomic E-state index is 12.3. The van der Waals surface area contributed by atoms with Crippen molar-refractivity contribution in [3.8, 4) is 11.8 Å². The van der Waals surface area contributed by atoms with Crippen LogP contribution in [0, 0.1) is 11.3 Å². The molecule has 0 fully saturated rings. The molecule has 6 heteroatoms. The lowest BCUT2D eigenvalue weighted by Gasteiger charge is -2.42. The van der Waals surface area contributed by atoms with E-state index >= 15 is 0 Å². The van der Waals surface area contributed by atoms with Crippen LogP contribution in [0.3, 0.4) is 0 Å². The minimum Gasteiger partial charge on any atom is -0.485 e. The van der Waals surface area contributed by atoms with Crippen molar-refractivity contribution in [2.75, 3.05) is 0 Å². The second-order valence-electron chi connectivity index (χ2n) is 5.94. The number of nitriles is 1. The summed E-state index contributed by atoms with van der Waals surface area (Å²) in [5.74, 6) is 0.244. The van der Waals surface area contributed by atoms with Crippen molar-refractivity contribution in [2.24, 2.45) is 0 Å². The van der Waals surface area contributed by atoms with Gasteiger partial charge in [0.1, 0.15) is 17.5 Å². The van der Waals surface area contributed by atoms with Gasteiger partial charge >= 0.3 is 0 Å². The van der Waals surface area contributed by atoms with Gasteiger partial charge in [0.15, 0.2) is 5.76 Å². The van der Waals surface area contributed by atoms with E-state index in [-0.39, 0.29) is 5.76 Å². The third-order valence-electron chi connectivity index (χ3n) is 3.91. The van der Waals surface area contributed by atoms with E-state index in [1.54, 1.807) is 44.2 Å². The van der Waals surface area contributed by atoms with E-state index in [9.17, 15) is 9.90 Å². The fourth-order valence-corrected chi connectivity index (χ4v) is 2.65. The van der Waals surface area contributed by atoms with Crippen LogP contribution in [0.2, 0.25) is 0 Å². The monoisotopic (exact) mass is 312 g/mol. The molecule has 0 spiro atoms. The minimum absolute atomic E-state index is 0.152. The highest BCUT2D eigenvalue weighted by atomic mass is 16.5. The molecular formula is C17H16N2O4. The van der Waals surface area contributed by atoms with Crippen LogP contribution in [0.25, 0.3) is 0 Å². The molecule has 2 heterocycles. The summed E-state index contributed by atoms with van der Waals surface area (Å²) >= 11 is 0. The molecule has 0 saturated carbocycles. The van der Waals surface area contributed by atoms with Gasteiger partial charge in [-0.05, 0) is 44.2 Å². The molecule has 2 N–H and O–H groups in total. The van der Waals surface area contributed by atoms with Crippen molar-refractivity contribution in [3.63, 3.8) is 0 Å². The van der Waals surface area contributed by atoms with E-state index in [4.69, 9.17) is 14.4 Å². The molecule has 1 aromatic carbocycles. The standard InChI is InChI=1S/C17H16N2O4/c1-17(2)15(20)14(19-16(21)13-4-3-7-22-13)11-8-10(9-18)5-6-12(11)23-17/h3-8,14-15,20H,1-2H3,(H,19,21)/t14-,15+/m1/s1. The number of nitrogens with one attached hydrogen (secondary N) is 1. The number of fused-ring (bicyclic) bond motifs is 1. The molecule has 0 aliphatic carbocycles. The van der Waals surface area contributed by atoms with Gasteiger partial charge in [-0.2, -0.15) is 5.26 Å². The number of furan rings is 1. The molecule has 3 rings (SSSR count). The van der Waals surface area contributed by atoms with Crippen LogP contribution in [0.1, 0.15) is 41.6 Å². The average Bonchev–Trinajstić information content (AvgIpc) is 3.05. The van der Waals surface area contributed by atoms with E-state index in [0.717, 1.165) is 0 Å². The van der Waals surface area contributed by atoms with Crippen LogP contribution >= 0.6 is 0 Å². The molecule has 1 amide bonds. The molecule has 0 unspecified atom stereocenters. The summed E-state index contributed by atoms with van der Waals surface area (Å²) in [6.07, 6.45) is 0.420. The molecule has 23 heavy (non-hydrogen) atoms. The number of benzene rings is 1. The summed E-state index contributed by atoms with van der Waals surface area (Å²) in [4.78, 5) is 12.3. The Morgan fingerprint density at radius 1 is 1.39 bits per heavy atom. The van der Waals surface area contributed by atoms with Crippen molar-refractivity contribution in [1.29, 1.82) is 5.26 Å². The van der Waals surface area contributed by atoms with Gasteiger partial charge in [0.25, 0.3) is 5.91 Å². The second kappa shape index (κ2) is 5.45. The summed E-state index contributed by atoms with van der Waals surface area (Å²) in [6, 6.07) is 9.41.